The van der Waals surface area contributed by atoms with E-state index in [-0.39, 0.29) is 5.54 Å². The molecular weight excluding hydrogens is 260 g/mol. The van der Waals surface area contributed by atoms with Gasteiger partial charge in [-0.1, -0.05) is 60.6 Å². The predicted molar refractivity (Wildman–Crippen MR) is 93.8 cm³/mol. The maximum absolute atomic E-state index is 5.34. The molecule has 0 aromatic heterocycles. The topological polar surface area (TPSA) is 33.6 Å². The summed E-state index contributed by atoms with van der Waals surface area (Å²) in [5.74, 6) is 1.64. The SMILES string of the molecule is CC.CC.CC.CC1=NC2(COC2)C2=CCC(C)C=C2N1. The zero-order chi connectivity index (χ0) is 16.5. The molecule has 21 heavy (non-hydrogen) atoms. The monoisotopic (exact) mass is 294 g/mol. The number of ether oxygens (including phenoxy) is 1. The Hall–Kier alpha value is -1.09. The Balaban J connectivity index is 0.000000598. The van der Waals surface area contributed by atoms with Crippen LogP contribution in [0.4, 0.5) is 0 Å². The van der Waals surface area contributed by atoms with Crippen LogP contribution in [-0.4, -0.2) is 24.6 Å². The van der Waals surface area contributed by atoms with Crippen LogP contribution in [0.2, 0.25) is 0 Å². The summed E-state index contributed by atoms with van der Waals surface area (Å²) in [5.41, 5.74) is 2.54. The van der Waals surface area contributed by atoms with Crippen LogP contribution in [-0.2, 0) is 4.74 Å². The molecule has 3 nitrogen and oxygen atoms in total. The molecule has 1 saturated heterocycles. The molecule has 1 fully saturated rings. The third kappa shape index (κ3) is 4.44. The molecule has 0 saturated carbocycles. The third-order valence-corrected chi connectivity index (χ3v) is 3.32. The first-order valence-electron chi connectivity index (χ1n) is 8.54. The van der Waals surface area contributed by atoms with Crippen molar-refractivity contribution in [2.24, 2.45) is 10.9 Å². The first-order chi connectivity index (χ1) is 10.2. The Morgan fingerprint density at radius 1 is 1.14 bits per heavy atom. The highest BCUT2D eigenvalue weighted by Gasteiger charge is 2.46. The molecule has 3 aliphatic rings. The van der Waals surface area contributed by atoms with Crippen molar-refractivity contribution in [2.45, 2.75) is 67.3 Å². The average Bonchev–Trinajstić information content (AvgIpc) is 2.50. The van der Waals surface area contributed by atoms with E-state index < -0.39 is 0 Å². The summed E-state index contributed by atoms with van der Waals surface area (Å²) in [4.78, 5) is 4.70. The Labute approximate surface area is 131 Å². The fourth-order valence-corrected chi connectivity index (χ4v) is 2.53. The van der Waals surface area contributed by atoms with E-state index in [1.807, 2.05) is 48.5 Å². The highest BCUT2D eigenvalue weighted by atomic mass is 16.5. The molecule has 0 amide bonds. The minimum Gasteiger partial charge on any atom is -0.375 e. The van der Waals surface area contributed by atoms with Crippen molar-refractivity contribution in [1.29, 1.82) is 0 Å². The van der Waals surface area contributed by atoms with E-state index >= 15 is 0 Å². The quantitative estimate of drug-likeness (QED) is 0.702. The lowest BCUT2D eigenvalue weighted by molar-refractivity contribution is -0.0332. The molecule has 1 unspecified atom stereocenters. The second kappa shape index (κ2) is 9.78. The Kier molecular flexibility index (Phi) is 9.27. The minimum absolute atomic E-state index is 0.0543. The predicted octanol–water partition coefficient (Wildman–Crippen LogP) is 4.71. The van der Waals surface area contributed by atoms with Gasteiger partial charge in [0.1, 0.15) is 5.54 Å². The van der Waals surface area contributed by atoms with Crippen molar-refractivity contribution < 1.29 is 4.74 Å². The van der Waals surface area contributed by atoms with Gasteiger partial charge in [-0.15, -0.1) is 0 Å². The van der Waals surface area contributed by atoms with Gasteiger partial charge in [0.2, 0.25) is 0 Å². The number of allylic oxidation sites excluding steroid dienone is 2. The van der Waals surface area contributed by atoms with Crippen LogP contribution in [0.5, 0.6) is 0 Å². The second-order valence-electron chi connectivity index (χ2n) is 4.76. The van der Waals surface area contributed by atoms with Gasteiger partial charge in [-0.25, -0.2) is 0 Å². The van der Waals surface area contributed by atoms with Crippen molar-refractivity contribution in [3.05, 3.63) is 23.4 Å². The number of aliphatic imine (C=N–C) groups is 1. The summed E-state index contributed by atoms with van der Waals surface area (Å²) in [6.07, 6.45) is 5.76. The lowest BCUT2D eigenvalue weighted by atomic mass is 9.80. The van der Waals surface area contributed by atoms with Crippen LogP contribution in [0.3, 0.4) is 0 Å². The molecule has 1 N–H and O–H groups in total. The first kappa shape index (κ1) is 19.9. The van der Waals surface area contributed by atoms with Gasteiger partial charge in [0.25, 0.3) is 0 Å². The zero-order valence-electron chi connectivity index (χ0n) is 15.2. The van der Waals surface area contributed by atoms with E-state index in [1.165, 1.54) is 11.3 Å². The Morgan fingerprint density at radius 2 is 1.71 bits per heavy atom. The van der Waals surface area contributed by atoms with Crippen molar-refractivity contribution in [1.82, 2.24) is 5.32 Å². The largest absolute Gasteiger partial charge is 0.375 e. The van der Waals surface area contributed by atoms with Crippen molar-refractivity contribution >= 4 is 5.84 Å². The fourth-order valence-electron chi connectivity index (χ4n) is 2.53. The molecule has 2 aliphatic heterocycles. The molecule has 0 bridgehead atoms. The van der Waals surface area contributed by atoms with Gasteiger partial charge in [-0.2, -0.15) is 0 Å². The van der Waals surface area contributed by atoms with E-state index in [1.54, 1.807) is 0 Å². The molecule has 2 heterocycles. The molecule has 1 spiro atoms. The van der Waals surface area contributed by atoms with Gasteiger partial charge in [-0.3, -0.25) is 4.99 Å². The third-order valence-electron chi connectivity index (χ3n) is 3.32. The van der Waals surface area contributed by atoms with E-state index in [9.17, 15) is 0 Å². The van der Waals surface area contributed by atoms with Crippen LogP contribution in [0.25, 0.3) is 0 Å². The van der Waals surface area contributed by atoms with Crippen LogP contribution in [0.1, 0.15) is 61.8 Å². The molecule has 3 rings (SSSR count). The highest BCUT2D eigenvalue weighted by Crippen LogP contribution is 2.39. The molecule has 0 aromatic carbocycles. The molecule has 3 heteroatoms. The van der Waals surface area contributed by atoms with Crippen molar-refractivity contribution in [2.75, 3.05) is 13.2 Å². The molecular formula is C18H34N2O. The van der Waals surface area contributed by atoms with Crippen molar-refractivity contribution in [3.8, 4) is 0 Å². The van der Waals surface area contributed by atoms with Gasteiger partial charge >= 0.3 is 0 Å². The highest BCUT2D eigenvalue weighted by molar-refractivity contribution is 5.85. The van der Waals surface area contributed by atoms with Gasteiger partial charge in [0.05, 0.1) is 19.0 Å². The molecule has 122 valence electrons. The van der Waals surface area contributed by atoms with Gasteiger partial charge in [-0.05, 0) is 19.3 Å². The van der Waals surface area contributed by atoms with Gasteiger partial charge in [0.15, 0.2) is 0 Å². The smallest absolute Gasteiger partial charge is 0.136 e. The number of hydrogen-bond acceptors (Lipinski definition) is 3. The second-order valence-corrected chi connectivity index (χ2v) is 4.76. The van der Waals surface area contributed by atoms with Crippen LogP contribution < -0.4 is 5.32 Å². The molecule has 0 radical (unpaired) electrons. The summed E-state index contributed by atoms with van der Waals surface area (Å²) < 4.78 is 5.34. The van der Waals surface area contributed by atoms with Crippen molar-refractivity contribution in [3.63, 3.8) is 0 Å². The van der Waals surface area contributed by atoms with Crippen LogP contribution in [0, 0.1) is 5.92 Å². The lowest BCUT2D eigenvalue weighted by Gasteiger charge is -2.45. The number of amidine groups is 1. The van der Waals surface area contributed by atoms with E-state index in [0.29, 0.717) is 5.92 Å². The average molecular weight is 294 g/mol. The Bertz CT molecular complexity index is 390. The maximum atomic E-state index is 5.34. The van der Waals surface area contributed by atoms with Crippen LogP contribution >= 0.6 is 0 Å². The lowest BCUT2D eigenvalue weighted by Crippen LogP contribution is -2.55. The van der Waals surface area contributed by atoms with Gasteiger partial charge in [0, 0.05) is 11.3 Å². The minimum atomic E-state index is -0.0543. The summed E-state index contributed by atoms with van der Waals surface area (Å²) in [7, 11) is 0. The zero-order valence-corrected chi connectivity index (χ0v) is 15.2. The number of nitrogens with zero attached hydrogens (tertiary/aromatic N) is 1. The number of hydrogen-bond donors (Lipinski definition) is 1. The number of rotatable bonds is 0. The standard InChI is InChI=1S/C12H16N2O.3C2H6/c1-8-3-4-10-11(5-8)13-9(2)14-12(10)6-15-7-12;3*1-2/h4-5,8H,3,6-7H2,1-2H3,(H,13,14);3*1-2H3. The summed E-state index contributed by atoms with van der Waals surface area (Å²) in [5, 5.41) is 3.36. The van der Waals surface area contributed by atoms with E-state index in [2.05, 4.69) is 24.4 Å². The Morgan fingerprint density at radius 3 is 2.19 bits per heavy atom. The maximum Gasteiger partial charge on any atom is 0.136 e. The number of fused-ring (bicyclic) bond motifs is 2. The van der Waals surface area contributed by atoms with E-state index in [0.717, 1.165) is 25.5 Å². The fraction of sp³-hybridized carbons (Fsp3) is 0.722. The first-order valence-corrected chi connectivity index (χ1v) is 8.54. The molecule has 1 atom stereocenters. The normalized spacial score (nSPS) is 23.6. The summed E-state index contributed by atoms with van der Waals surface area (Å²) in [6.45, 7) is 17.7. The van der Waals surface area contributed by atoms with Gasteiger partial charge < -0.3 is 10.1 Å². The number of nitrogens with one attached hydrogen (secondary N) is 1. The summed E-state index contributed by atoms with van der Waals surface area (Å²) >= 11 is 0. The van der Waals surface area contributed by atoms with E-state index in [4.69, 9.17) is 9.73 Å². The van der Waals surface area contributed by atoms with Crippen LogP contribution in [0.15, 0.2) is 28.4 Å². The summed E-state index contributed by atoms with van der Waals surface area (Å²) in [6, 6.07) is 0. The molecule has 1 aliphatic carbocycles. The molecule has 0 aromatic rings.